The minimum absolute atomic E-state index is 0.00309. The first kappa shape index (κ1) is 18.7. The van der Waals surface area contributed by atoms with Crippen molar-refractivity contribution in [2.24, 2.45) is 5.92 Å². The van der Waals surface area contributed by atoms with Crippen LogP contribution in [0.5, 0.6) is 0 Å². The molecule has 1 aliphatic rings. The summed E-state index contributed by atoms with van der Waals surface area (Å²) in [4.78, 5) is 23.4. The van der Waals surface area contributed by atoms with E-state index < -0.39 is 0 Å². The fourth-order valence-electron chi connectivity index (χ4n) is 3.58. The van der Waals surface area contributed by atoms with Crippen LogP contribution in [0.4, 0.5) is 10.4 Å². The predicted molar refractivity (Wildman–Crippen MR) is 106 cm³/mol. The lowest BCUT2D eigenvalue weighted by Gasteiger charge is -2.31. The Morgan fingerprint density at radius 3 is 2.64 bits per heavy atom. The van der Waals surface area contributed by atoms with E-state index in [9.17, 15) is 9.18 Å². The molecule has 0 saturated carbocycles. The number of nitrogens with zero attached hydrogens (tertiary/aromatic N) is 4. The highest BCUT2D eigenvalue weighted by Crippen LogP contribution is 2.27. The summed E-state index contributed by atoms with van der Waals surface area (Å²) in [5, 5.41) is 0. The molecule has 0 aliphatic carbocycles. The molecule has 0 spiro atoms. The number of piperidine rings is 1. The zero-order valence-corrected chi connectivity index (χ0v) is 16.5. The van der Waals surface area contributed by atoms with E-state index in [1.54, 1.807) is 23.0 Å². The van der Waals surface area contributed by atoms with Gasteiger partial charge in [-0.3, -0.25) is 9.36 Å². The number of aromatic nitrogens is 3. The maximum absolute atomic E-state index is 13.3. The molecule has 0 radical (unpaired) electrons. The van der Waals surface area contributed by atoms with Gasteiger partial charge in [-0.05, 0) is 30.9 Å². The van der Waals surface area contributed by atoms with Crippen molar-refractivity contribution in [3.8, 4) is 0 Å². The van der Waals surface area contributed by atoms with Gasteiger partial charge in [-0.1, -0.05) is 20.8 Å². The fraction of sp³-hybridized carbons (Fsp3) is 0.476. The Labute approximate surface area is 163 Å². The Balaban J connectivity index is 1.41. The second-order valence-electron chi connectivity index (χ2n) is 8.55. The molecule has 0 bridgehead atoms. The summed E-state index contributed by atoms with van der Waals surface area (Å²) in [7, 11) is 0. The van der Waals surface area contributed by atoms with E-state index in [-0.39, 0.29) is 16.8 Å². The third kappa shape index (κ3) is 3.79. The van der Waals surface area contributed by atoms with Crippen molar-refractivity contribution in [1.82, 2.24) is 14.5 Å². The molecule has 28 heavy (non-hydrogen) atoms. The molecule has 3 aromatic rings. The molecule has 6 nitrogen and oxygen atoms in total. The number of benzene rings is 1. The minimum Gasteiger partial charge on any atom is -0.423 e. The highest BCUT2D eigenvalue weighted by atomic mass is 19.1. The third-order valence-electron chi connectivity index (χ3n) is 5.33. The van der Waals surface area contributed by atoms with Crippen molar-refractivity contribution in [3.05, 3.63) is 52.5 Å². The molecular weight excluding hydrogens is 359 g/mol. The van der Waals surface area contributed by atoms with Crippen LogP contribution in [-0.2, 0) is 12.0 Å². The Morgan fingerprint density at radius 2 is 1.96 bits per heavy atom. The van der Waals surface area contributed by atoms with Gasteiger partial charge in [0.25, 0.3) is 11.6 Å². The van der Waals surface area contributed by atoms with Crippen LogP contribution in [0, 0.1) is 11.7 Å². The monoisotopic (exact) mass is 384 g/mol. The summed E-state index contributed by atoms with van der Waals surface area (Å²) < 4.78 is 20.8. The zero-order valence-electron chi connectivity index (χ0n) is 16.5. The van der Waals surface area contributed by atoms with Crippen LogP contribution in [0.15, 0.2) is 39.8 Å². The number of anilines is 1. The number of oxazole rings is 1. The quantitative estimate of drug-likeness (QED) is 0.688. The smallest absolute Gasteiger partial charge is 0.298 e. The van der Waals surface area contributed by atoms with Crippen molar-refractivity contribution in [3.63, 3.8) is 0 Å². The maximum Gasteiger partial charge on any atom is 0.298 e. The van der Waals surface area contributed by atoms with Crippen molar-refractivity contribution < 1.29 is 8.81 Å². The summed E-state index contributed by atoms with van der Waals surface area (Å²) in [5.74, 6) is 0.0727. The van der Waals surface area contributed by atoms with E-state index in [1.165, 1.54) is 12.1 Å². The first-order chi connectivity index (χ1) is 13.3. The average molecular weight is 384 g/mol. The van der Waals surface area contributed by atoms with Crippen molar-refractivity contribution >= 4 is 17.1 Å². The van der Waals surface area contributed by atoms with Crippen molar-refractivity contribution in [1.29, 1.82) is 0 Å². The Kier molecular flexibility index (Phi) is 4.69. The van der Waals surface area contributed by atoms with Gasteiger partial charge in [0.15, 0.2) is 5.58 Å². The molecule has 0 N–H and O–H groups in total. The fourth-order valence-corrected chi connectivity index (χ4v) is 3.58. The first-order valence-corrected chi connectivity index (χ1v) is 9.67. The number of rotatable bonds is 3. The van der Waals surface area contributed by atoms with Crippen LogP contribution >= 0.6 is 0 Å². The summed E-state index contributed by atoms with van der Waals surface area (Å²) in [6, 6.07) is 6.56. The van der Waals surface area contributed by atoms with Gasteiger partial charge in [0.1, 0.15) is 11.3 Å². The summed E-state index contributed by atoms with van der Waals surface area (Å²) in [5.41, 5.74) is 1.81. The number of hydrogen-bond acceptors (Lipinski definition) is 5. The molecule has 0 unspecified atom stereocenters. The molecule has 1 aliphatic heterocycles. The molecule has 1 aromatic carbocycles. The third-order valence-corrected chi connectivity index (χ3v) is 5.33. The molecule has 148 valence electrons. The van der Waals surface area contributed by atoms with E-state index in [2.05, 4.69) is 35.6 Å². The molecule has 1 fully saturated rings. The van der Waals surface area contributed by atoms with Gasteiger partial charge in [-0.25, -0.2) is 9.37 Å². The Morgan fingerprint density at radius 1 is 1.21 bits per heavy atom. The molecule has 1 saturated heterocycles. The van der Waals surface area contributed by atoms with Gasteiger partial charge in [-0.2, -0.15) is 4.98 Å². The van der Waals surface area contributed by atoms with Crippen LogP contribution in [0.2, 0.25) is 0 Å². The lowest BCUT2D eigenvalue weighted by molar-refractivity contribution is 0.341. The highest BCUT2D eigenvalue weighted by Gasteiger charge is 2.24. The largest absolute Gasteiger partial charge is 0.423 e. The van der Waals surface area contributed by atoms with Crippen LogP contribution in [-0.4, -0.2) is 27.6 Å². The van der Waals surface area contributed by atoms with Crippen LogP contribution in [0.1, 0.15) is 39.3 Å². The summed E-state index contributed by atoms with van der Waals surface area (Å²) in [6.45, 7) is 8.41. The maximum atomic E-state index is 13.3. The molecular formula is C21H25FN4O2. The average Bonchev–Trinajstić information content (AvgIpc) is 3.06. The predicted octanol–water partition coefficient (Wildman–Crippen LogP) is 3.74. The van der Waals surface area contributed by atoms with E-state index in [4.69, 9.17) is 4.42 Å². The SMILES string of the molecule is CC(C)(C)c1cc(=O)n(CC2CCN(c3nc4ccc(F)cc4o3)CC2)cn1. The Bertz CT molecular complexity index is 1040. The van der Waals surface area contributed by atoms with Crippen LogP contribution in [0.25, 0.3) is 11.1 Å². The van der Waals surface area contributed by atoms with Crippen LogP contribution < -0.4 is 10.5 Å². The molecule has 7 heteroatoms. The number of halogens is 1. The van der Waals surface area contributed by atoms with E-state index in [0.29, 0.717) is 29.6 Å². The van der Waals surface area contributed by atoms with Crippen molar-refractivity contribution in [2.75, 3.05) is 18.0 Å². The molecule has 0 amide bonds. The van der Waals surface area contributed by atoms with Crippen molar-refractivity contribution in [2.45, 2.75) is 45.6 Å². The molecule has 4 rings (SSSR count). The second kappa shape index (κ2) is 7.04. The number of hydrogen-bond donors (Lipinski definition) is 0. The van der Waals surface area contributed by atoms with Gasteiger partial charge >= 0.3 is 0 Å². The molecule has 2 aromatic heterocycles. The van der Waals surface area contributed by atoms with Crippen LogP contribution in [0.3, 0.4) is 0 Å². The zero-order chi connectivity index (χ0) is 19.9. The lowest BCUT2D eigenvalue weighted by atomic mass is 9.92. The Hall–Kier alpha value is -2.70. The normalized spacial score (nSPS) is 16.1. The van der Waals surface area contributed by atoms with Gasteiger partial charge in [0, 0.05) is 37.2 Å². The van der Waals surface area contributed by atoms with Gasteiger partial charge in [0.2, 0.25) is 0 Å². The standard InChI is InChI=1S/C21H25FN4O2/c1-21(2,3)18-11-19(27)26(13-23-18)12-14-6-8-25(9-7-14)20-24-16-5-4-15(22)10-17(16)28-20/h4-5,10-11,13-14H,6-9,12H2,1-3H3. The van der Waals surface area contributed by atoms with E-state index in [1.807, 2.05) is 0 Å². The van der Waals surface area contributed by atoms with Gasteiger partial charge < -0.3 is 9.32 Å². The molecule has 0 atom stereocenters. The second-order valence-corrected chi connectivity index (χ2v) is 8.55. The molecule has 3 heterocycles. The van der Waals surface area contributed by atoms with Gasteiger partial charge in [0.05, 0.1) is 12.0 Å². The minimum atomic E-state index is -0.328. The summed E-state index contributed by atoms with van der Waals surface area (Å²) in [6.07, 6.45) is 3.53. The topological polar surface area (TPSA) is 64.2 Å². The summed E-state index contributed by atoms with van der Waals surface area (Å²) >= 11 is 0. The van der Waals surface area contributed by atoms with E-state index >= 15 is 0 Å². The van der Waals surface area contributed by atoms with E-state index in [0.717, 1.165) is 31.6 Å². The van der Waals surface area contributed by atoms with Gasteiger partial charge in [-0.15, -0.1) is 0 Å². The number of fused-ring (bicyclic) bond motifs is 1. The highest BCUT2D eigenvalue weighted by molar-refractivity contribution is 5.74. The lowest BCUT2D eigenvalue weighted by Crippen LogP contribution is -2.36. The first-order valence-electron chi connectivity index (χ1n) is 9.67.